The summed E-state index contributed by atoms with van der Waals surface area (Å²) in [7, 11) is 0. The van der Waals surface area contributed by atoms with Gasteiger partial charge in [0, 0.05) is 31.9 Å². The zero-order valence-corrected chi connectivity index (χ0v) is 20.2. The molecule has 4 aromatic rings. The molecule has 188 valence electrons. The van der Waals surface area contributed by atoms with Crippen molar-refractivity contribution in [3.8, 4) is 11.7 Å². The van der Waals surface area contributed by atoms with Crippen LogP contribution in [0.2, 0.25) is 0 Å². The predicted octanol–water partition coefficient (Wildman–Crippen LogP) is 4.54. The summed E-state index contributed by atoms with van der Waals surface area (Å²) in [5.41, 5.74) is 1.78. The lowest BCUT2D eigenvalue weighted by Gasteiger charge is -2.24. The average Bonchev–Trinajstić information content (AvgIpc) is 3.34. The number of rotatable bonds is 8. The third-order valence-corrected chi connectivity index (χ3v) is 5.98. The van der Waals surface area contributed by atoms with Crippen LogP contribution >= 0.6 is 0 Å². The Morgan fingerprint density at radius 3 is 2.43 bits per heavy atom. The minimum Gasteiger partial charge on any atom is -0.426 e. The Bertz CT molecular complexity index is 1310. The number of ether oxygens (including phenoxy) is 2. The van der Waals surface area contributed by atoms with Gasteiger partial charge in [0.2, 0.25) is 5.91 Å². The van der Waals surface area contributed by atoms with E-state index in [4.69, 9.17) is 13.9 Å². The van der Waals surface area contributed by atoms with Crippen molar-refractivity contribution in [2.75, 3.05) is 19.6 Å². The van der Waals surface area contributed by atoms with E-state index >= 15 is 0 Å². The minimum atomic E-state index is -0.406. The molecule has 2 aromatic heterocycles. The van der Waals surface area contributed by atoms with Gasteiger partial charge in [0.25, 0.3) is 11.9 Å². The number of para-hydroxylation sites is 1. The summed E-state index contributed by atoms with van der Waals surface area (Å²) in [6.07, 6.45) is 1.30. The molecule has 1 aliphatic heterocycles. The van der Waals surface area contributed by atoms with Crippen molar-refractivity contribution in [2.45, 2.75) is 19.3 Å². The van der Waals surface area contributed by atoms with Crippen molar-refractivity contribution >= 4 is 11.8 Å². The summed E-state index contributed by atoms with van der Waals surface area (Å²) >= 11 is 0. The van der Waals surface area contributed by atoms with Gasteiger partial charge in [-0.2, -0.15) is 0 Å². The summed E-state index contributed by atoms with van der Waals surface area (Å²) in [5, 5.41) is 0. The molecule has 8 nitrogen and oxygen atoms in total. The second-order valence-corrected chi connectivity index (χ2v) is 8.73. The van der Waals surface area contributed by atoms with Gasteiger partial charge < -0.3 is 23.7 Å². The highest BCUT2D eigenvalue weighted by atomic mass is 16.6. The molecule has 1 unspecified atom stereocenters. The molecule has 0 bridgehead atoms. The number of benzene rings is 2. The van der Waals surface area contributed by atoms with Gasteiger partial charge in [-0.05, 0) is 35.9 Å². The standard InChI is InChI=1S/C29H27N3O5/c33-27-20-32(29(34)26-14-15-28(37-26)36-24-12-5-2-6-13-24)19-25(35-21-23-11-7-8-16-30-23)18-31(27)17-22-9-3-1-4-10-22/h1-16,25H,17-21H2. The van der Waals surface area contributed by atoms with Crippen molar-refractivity contribution in [2.24, 2.45) is 0 Å². The lowest BCUT2D eigenvalue weighted by atomic mass is 10.2. The third kappa shape index (κ3) is 6.42. The molecule has 1 saturated heterocycles. The second-order valence-electron chi connectivity index (χ2n) is 8.73. The molecule has 1 aliphatic rings. The van der Waals surface area contributed by atoms with Gasteiger partial charge in [-0.3, -0.25) is 14.6 Å². The number of carbonyl (C=O) groups is 2. The Kier molecular flexibility index (Phi) is 7.57. The molecule has 2 aromatic carbocycles. The summed E-state index contributed by atoms with van der Waals surface area (Å²) in [5.74, 6) is 0.334. The fourth-order valence-electron chi connectivity index (χ4n) is 4.13. The van der Waals surface area contributed by atoms with Gasteiger partial charge in [0.05, 0.1) is 18.4 Å². The van der Waals surface area contributed by atoms with E-state index in [9.17, 15) is 9.59 Å². The van der Waals surface area contributed by atoms with Gasteiger partial charge in [-0.15, -0.1) is 0 Å². The first-order chi connectivity index (χ1) is 18.1. The third-order valence-electron chi connectivity index (χ3n) is 5.98. The zero-order chi connectivity index (χ0) is 25.5. The van der Waals surface area contributed by atoms with Crippen LogP contribution in [-0.4, -0.2) is 52.3 Å². The summed E-state index contributed by atoms with van der Waals surface area (Å²) in [4.78, 5) is 34.1. The fraction of sp³-hybridized carbons (Fsp3) is 0.207. The number of amides is 2. The van der Waals surface area contributed by atoms with Crippen LogP contribution in [0, 0.1) is 0 Å². The lowest BCUT2D eigenvalue weighted by molar-refractivity contribution is -0.132. The summed E-state index contributed by atoms with van der Waals surface area (Å²) < 4.78 is 17.5. The predicted molar refractivity (Wildman–Crippen MR) is 136 cm³/mol. The molecule has 3 heterocycles. The van der Waals surface area contributed by atoms with E-state index in [0.29, 0.717) is 18.8 Å². The smallest absolute Gasteiger partial charge is 0.290 e. The largest absolute Gasteiger partial charge is 0.426 e. The maximum Gasteiger partial charge on any atom is 0.290 e. The highest BCUT2D eigenvalue weighted by molar-refractivity contribution is 5.94. The van der Waals surface area contributed by atoms with E-state index in [2.05, 4.69) is 4.98 Å². The molecule has 0 aliphatic carbocycles. The molecule has 5 rings (SSSR count). The summed E-state index contributed by atoms with van der Waals surface area (Å²) in [6, 6.07) is 27.7. The first-order valence-electron chi connectivity index (χ1n) is 12.1. The number of hydrogen-bond acceptors (Lipinski definition) is 6. The Balaban J connectivity index is 1.32. The molecule has 1 atom stereocenters. The highest BCUT2D eigenvalue weighted by Gasteiger charge is 2.32. The van der Waals surface area contributed by atoms with E-state index in [1.165, 1.54) is 4.90 Å². The van der Waals surface area contributed by atoms with Gasteiger partial charge in [-0.25, -0.2) is 0 Å². The quantitative estimate of drug-likeness (QED) is 0.355. The molecule has 37 heavy (non-hydrogen) atoms. The maximum atomic E-state index is 13.4. The number of hydrogen-bond donors (Lipinski definition) is 0. The van der Waals surface area contributed by atoms with Crippen LogP contribution in [0.3, 0.4) is 0 Å². The van der Waals surface area contributed by atoms with E-state index in [-0.39, 0.29) is 37.3 Å². The van der Waals surface area contributed by atoms with Gasteiger partial charge in [0.15, 0.2) is 5.76 Å². The van der Waals surface area contributed by atoms with Crippen LogP contribution in [0.25, 0.3) is 0 Å². The number of aromatic nitrogens is 1. The molecule has 2 amide bonds. The monoisotopic (exact) mass is 497 g/mol. The zero-order valence-electron chi connectivity index (χ0n) is 20.2. The number of carbonyl (C=O) groups excluding carboxylic acids is 2. The summed E-state index contributed by atoms with van der Waals surface area (Å²) in [6.45, 7) is 1.21. The van der Waals surface area contributed by atoms with Gasteiger partial charge in [0.1, 0.15) is 12.3 Å². The van der Waals surface area contributed by atoms with Crippen LogP contribution < -0.4 is 4.74 Å². The van der Waals surface area contributed by atoms with Crippen molar-refractivity contribution in [1.82, 2.24) is 14.8 Å². The molecule has 0 radical (unpaired) electrons. The normalized spacial score (nSPS) is 15.9. The van der Waals surface area contributed by atoms with Gasteiger partial charge >= 0.3 is 0 Å². The van der Waals surface area contributed by atoms with Crippen LogP contribution in [0.5, 0.6) is 11.7 Å². The number of nitrogens with zero attached hydrogens (tertiary/aromatic N) is 3. The fourth-order valence-corrected chi connectivity index (χ4v) is 4.13. The molecule has 1 fully saturated rings. The SMILES string of the molecule is O=C1CN(C(=O)c2ccc(Oc3ccccc3)o2)CC(OCc2ccccn2)CN1Cc1ccccc1. The molecule has 0 N–H and O–H groups in total. The number of furan rings is 1. The Labute approximate surface area is 215 Å². The first kappa shape index (κ1) is 24.3. The van der Waals surface area contributed by atoms with Crippen LogP contribution in [0.15, 0.2) is 102 Å². The van der Waals surface area contributed by atoms with Crippen molar-refractivity contribution in [3.63, 3.8) is 0 Å². The maximum absolute atomic E-state index is 13.4. The van der Waals surface area contributed by atoms with E-state index in [1.807, 2.05) is 66.7 Å². The Morgan fingerprint density at radius 1 is 0.919 bits per heavy atom. The Morgan fingerprint density at radius 2 is 1.68 bits per heavy atom. The first-order valence-corrected chi connectivity index (χ1v) is 12.1. The van der Waals surface area contributed by atoms with Crippen molar-refractivity contribution in [1.29, 1.82) is 0 Å². The van der Waals surface area contributed by atoms with E-state index in [0.717, 1.165) is 11.3 Å². The highest BCUT2D eigenvalue weighted by Crippen LogP contribution is 2.25. The molecule has 0 saturated carbocycles. The van der Waals surface area contributed by atoms with E-state index in [1.54, 1.807) is 35.4 Å². The average molecular weight is 498 g/mol. The second kappa shape index (κ2) is 11.5. The van der Waals surface area contributed by atoms with Gasteiger partial charge in [-0.1, -0.05) is 54.6 Å². The van der Waals surface area contributed by atoms with E-state index < -0.39 is 12.0 Å². The van der Waals surface area contributed by atoms with Crippen molar-refractivity contribution in [3.05, 3.63) is 114 Å². The molecule has 0 spiro atoms. The minimum absolute atomic E-state index is 0.0787. The van der Waals surface area contributed by atoms with Crippen LogP contribution in [0.1, 0.15) is 21.8 Å². The lowest BCUT2D eigenvalue weighted by Crippen LogP contribution is -2.39. The van der Waals surface area contributed by atoms with Crippen LogP contribution in [-0.2, 0) is 22.7 Å². The topological polar surface area (TPSA) is 85.1 Å². The molecular weight excluding hydrogens is 470 g/mol. The Hall–Kier alpha value is -4.43. The van der Waals surface area contributed by atoms with Crippen molar-refractivity contribution < 1.29 is 23.5 Å². The van der Waals surface area contributed by atoms with Crippen LogP contribution in [0.4, 0.5) is 0 Å². The molecular formula is C29H27N3O5. The number of pyridine rings is 1. The molecule has 8 heteroatoms.